The summed E-state index contributed by atoms with van der Waals surface area (Å²) in [6.07, 6.45) is 55.7. The Labute approximate surface area is 380 Å². The van der Waals surface area contributed by atoms with E-state index in [0.29, 0.717) is 19.3 Å². The van der Waals surface area contributed by atoms with Crippen molar-refractivity contribution < 1.29 is 24.5 Å². The monoisotopic (exact) mass is 862 g/mol. The van der Waals surface area contributed by atoms with Crippen LogP contribution in [0.2, 0.25) is 0 Å². The van der Waals surface area contributed by atoms with Gasteiger partial charge in [0, 0.05) is 6.42 Å². The quantitative estimate of drug-likeness (QED) is 0.0322. The molecule has 3 atom stereocenters. The Balaban J connectivity index is 4.47. The normalized spacial score (nSPS) is 13.2. The molecular weight excluding hydrogens is 755 g/mol. The zero-order valence-electron chi connectivity index (χ0n) is 41.3. The van der Waals surface area contributed by atoms with Gasteiger partial charge in [0.2, 0.25) is 5.91 Å². The van der Waals surface area contributed by atoms with E-state index in [2.05, 4.69) is 38.2 Å². The lowest BCUT2D eigenvalue weighted by atomic mass is 10.0. The topological polar surface area (TPSA) is 95.9 Å². The first-order chi connectivity index (χ1) is 30.0. The highest BCUT2D eigenvalue weighted by atomic mass is 16.5. The van der Waals surface area contributed by atoms with Crippen LogP contribution in [0.3, 0.4) is 0 Å². The van der Waals surface area contributed by atoms with Crippen molar-refractivity contribution in [3.63, 3.8) is 0 Å². The number of carbonyl (C=O) groups is 2. The van der Waals surface area contributed by atoms with Crippen LogP contribution in [-0.4, -0.2) is 46.9 Å². The number of unbranched alkanes of at least 4 members (excludes halogenated alkanes) is 36. The number of hydrogen-bond acceptors (Lipinski definition) is 5. The standard InChI is InChI=1S/C55H107NO5/c1-4-7-10-13-16-19-22-24-26-28-30-33-36-39-42-45-48-55(60)61-51(46-43-40-37-34-31-21-18-15-12-9-6-3)49-54(59)56-52(50-57)53(58)47-44-41-38-35-32-29-27-25-23-20-17-14-11-8-5-2/h34,37,51-53,57-58H,4-33,35-36,38-50H2,1-3H3,(H,56,59)/b37-34-. The van der Waals surface area contributed by atoms with Crippen LogP contribution in [0.4, 0.5) is 0 Å². The fraction of sp³-hybridized carbons (Fsp3) is 0.927. The highest BCUT2D eigenvalue weighted by Gasteiger charge is 2.24. The number of esters is 1. The van der Waals surface area contributed by atoms with Crippen LogP contribution in [0.1, 0.15) is 303 Å². The summed E-state index contributed by atoms with van der Waals surface area (Å²) in [6.45, 7) is 6.50. The van der Waals surface area contributed by atoms with E-state index in [9.17, 15) is 19.8 Å². The van der Waals surface area contributed by atoms with Crippen LogP contribution in [-0.2, 0) is 14.3 Å². The first-order valence-electron chi connectivity index (χ1n) is 27.4. The summed E-state index contributed by atoms with van der Waals surface area (Å²) in [4.78, 5) is 26.1. The average molecular weight is 862 g/mol. The fourth-order valence-corrected chi connectivity index (χ4v) is 8.67. The van der Waals surface area contributed by atoms with Gasteiger partial charge in [-0.1, -0.05) is 258 Å². The molecule has 0 aliphatic heterocycles. The highest BCUT2D eigenvalue weighted by Crippen LogP contribution is 2.18. The van der Waals surface area contributed by atoms with Gasteiger partial charge >= 0.3 is 5.97 Å². The average Bonchev–Trinajstić information content (AvgIpc) is 3.25. The third-order valence-corrected chi connectivity index (χ3v) is 12.8. The van der Waals surface area contributed by atoms with Gasteiger partial charge in [0.1, 0.15) is 6.10 Å². The third-order valence-electron chi connectivity index (χ3n) is 12.8. The van der Waals surface area contributed by atoms with Gasteiger partial charge in [-0.3, -0.25) is 9.59 Å². The summed E-state index contributed by atoms with van der Waals surface area (Å²) < 4.78 is 5.92. The summed E-state index contributed by atoms with van der Waals surface area (Å²) in [5.74, 6) is -0.484. The minimum absolute atomic E-state index is 0.0638. The van der Waals surface area contributed by atoms with Gasteiger partial charge in [-0.2, -0.15) is 0 Å². The summed E-state index contributed by atoms with van der Waals surface area (Å²) in [5, 5.41) is 23.8. The van der Waals surface area contributed by atoms with Crippen LogP contribution in [0, 0.1) is 0 Å². The number of ether oxygens (including phenoxy) is 1. The molecule has 0 saturated carbocycles. The van der Waals surface area contributed by atoms with Crippen molar-refractivity contribution in [1.82, 2.24) is 5.32 Å². The number of nitrogens with one attached hydrogen (secondary N) is 1. The van der Waals surface area contributed by atoms with Crippen LogP contribution >= 0.6 is 0 Å². The Hall–Kier alpha value is -1.40. The molecule has 0 saturated heterocycles. The maximum absolute atomic E-state index is 13.2. The lowest BCUT2D eigenvalue weighted by molar-refractivity contribution is -0.151. The smallest absolute Gasteiger partial charge is 0.306 e. The molecule has 0 heterocycles. The first-order valence-corrected chi connectivity index (χ1v) is 27.4. The molecule has 3 N–H and O–H groups in total. The SMILES string of the molecule is CCCCCCCC/C=C\CCCC(CC(=O)NC(CO)C(O)CCCCCCCCCCCCCCCCC)OC(=O)CCCCCCCCCCCCCCCCCC. The summed E-state index contributed by atoms with van der Waals surface area (Å²) in [6, 6.07) is -0.703. The van der Waals surface area contributed by atoms with Gasteiger partial charge in [-0.15, -0.1) is 0 Å². The lowest BCUT2D eigenvalue weighted by Crippen LogP contribution is -2.46. The maximum Gasteiger partial charge on any atom is 0.306 e. The zero-order valence-corrected chi connectivity index (χ0v) is 41.3. The van der Waals surface area contributed by atoms with Crippen molar-refractivity contribution in [3.8, 4) is 0 Å². The highest BCUT2D eigenvalue weighted by molar-refractivity contribution is 5.77. The van der Waals surface area contributed by atoms with E-state index in [4.69, 9.17) is 4.74 Å². The van der Waals surface area contributed by atoms with E-state index in [1.165, 1.54) is 205 Å². The van der Waals surface area contributed by atoms with Gasteiger partial charge in [0.05, 0.1) is 25.2 Å². The predicted octanol–water partition coefficient (Wildman–Crippen LogP) is 16.5. The lowest BCUT2D eigenvalue weighted by Gasteiger charge is -2.24. The number of hydrogen-bond donors (Lipinski definition) is 3. The molecule has 1 amide bonds. The molecule has 6 heteroatoms. The van der Waals surface area contributed by atoms with E-state index < -0.39 is 18.2 Å². The number of amides is 1. The Morgan fingerprint density at radius 1 is 0.459 bits per heavy atom. The van der Waals surface area contributed by atoms with Crippen molar-refractivity contribution >= 4 is 11.9 Å². The van der Waals surface area contributed by atoms with Gasteiger partial charge < -0.3 is 20.3 Å². The molecule has 0 rings (SSSR count). The number of allylic oxidation sites excluding steroid dienone is 2. The van der Waals surface area contributed by atoms with Crippen LogP contribution in [0.15, 0.2) is 12.2 Å². The predicted molar refractivity (Wildman–Crippen MR) is 264 cm³/mol. The Kier molecular flexibility index (Phi) is 48.5. The molecule has 3 unspecified atom stereocenters. The Bertz CT molecular complexity index is 924. The third kappa shape index (κ3) is 45.0. The summed E-state index contributed by atoms with van der Waals surface area (Å²) >= 11 is 0. The molecule has 61 heavy (non-hydrogen) atoms. The largest absolute Gasteiger partial charge is 0.462 e. The van der Waals surface area contributed by atoms with Gasteiger partial charge in [-0.25, -0.2) is 0 Å². The molecule has 0 aromatic rings. The van der Waals surface area contributed by atoms with E-state index >= 15 is 0 Å². The second kappa shape index (κ2) is 49.6. The molecule has 0 aromatic heterocycles. The molecule has 0 fully saturated rings. The molecule has 0 aliphatic carbocycles. The molecule has 6 nitrogen and oxygen atoms in total. The molecular formula is C55H107NO5. The number of rotatable bonds is 50. The Morgan fingerprint density at radius 2 is 0.803 bits per heavy atom. The molecule has 0 aliphatic rings. The molecule has 362 valence electrons. The minimum atomic E-state index is -0.788. The minimum Gasteiger partial charge on any atom is -0.462 e. The van der Waals surface area contributed by atoms with E-state index in [1.54, 1.807) is 0 Å². The van der Waals surface area contributed by atoms with Crippen LogP contribution in [0.5, 0.6) is 0 Å². The van der Waals surface area contributed by atoms with Gasteiger partial charge in [0.15, 0.2) is 0 Å². The van der Waals surface area contributed by atoms with Gasteiger partial charge in [-0.05, 0) is 44.9 Å². The van der Waals surface area contributed by atoms with Gasteiger partial charge in [0.25, 0.3) is 0 Å². The van der Waals surface area contributed by atoms with Crippen LogP contribution in [0.25, 0.3) is 0 Å². The molecule has 0 radical (unpaired) electrons. The zero-order chi connectivity index (χ0) is 44.5. The molecule has 0 bridgehead atoms. The fourth-order valence-electron chi connectivity index (χ4n) is 8.67. The summed E-state index contributed by atoms with van der Waals surface area (Å²) in [5.41, 5.74) is 0. The van der Waals surface area contributed by atoms with E-state index in [1.807, 2.05) is 0 Å². The van der Waals surface area contributed by atoms with Crippen molar-refractivity contribution in [3.05, 3.63) is 12.2 Å². The van der Waals surface area contributed by atoms with Crippen molar-refractivity contribution in [2.45, 2.75) is 322 Å². The van der Waals surface area contributed by atoms with Crippen molar-refractivity contribution in [2.75, 3.05) is 6.61 Å². The second-order valence-electron chi connectivity index (χ2n) is 19.0. The molecule has 0 spiro atoms. The number of aliphatic hydroxyl groups excluding tert-OH is 2. The maximum atomic E-state index is 13.2. The summed E-state index contributed by atoms with van der Waals surface area (Å²) in [7, 11) is 0. The Morgan fingerprint density at radius 3 is 1.20 bits per heavy atom. The second-order valence-corrected chi connectivity index (χ2v) is 19.0. The number of aliphatic hydroxyl groups is 2. The van der Waals surface area contributed by atoms with Crippen LogP contribution < -0.4 is 5.32 Å². The first kappa shape index (κ1) is 59.6. The van der Waals surface area contributed by atoms with Crippen molar-refractivity contribution in [2.24, 2.45) is 0 Å². The van der Waals surface area contributed by atoms with E-state index in [-0.39, 0.29) is 24.9 Å². The van der Waals surface area contributed by atoms with E-state index in [0.717, 1.165) is 51.4 Å². The molecule has 0 aromatic carbocycles. The van der Waals surface area contributed by atoms with Crippen molar-refractivity contribution in [1.29, 1.82) is 0 Å². The number of carbonyl (C=O) groups excluding carboxylic acids is 2.